The molecule has 0 aliphatic rings. The van der Waals surface area contributed by atoms with Crippen molar-refractivity contribution >= 4 is 52.0 Å². The Hall–Kier alpha value is -1.000. The van der Waals surface area contributed by atoms with Gasteiger partial charge in [-0.1, -0.05) is 24.3 Å². The Morgan fingerprint density at radius 1 is 0.812 bits per heavy atom. The lowest BCUT2D eigenvalue weighted by atomic mass is 10.0. The van der Waals surface area contributed by atoms with Gasteiger partial charge in [0.05, 0.1) is 0 Å². The van der Waals surface area contributed by atoms with Gasteiger partial charge in [-0.05, 0) is 54.8 Å². The maximum Gasteiger partial charge on any atom is 0.228 e. The summed E-state index contributed by atoms with van der Waals surface area (Å²) in [4.78, 5) is 22.7. The summed E-state index contributed by atoms with van der Waals surface area (Å²) >= 11 is 5.75. The van der Waals surface area contributed by atoms with Crippen molar-refractivity contribution in [3.63, 3.8) is 0 Å². The number of hydrogen-bond acceptors (Lipinski definition) is 2. The molecule has 0 bridgehead atoms. The van der Waals surface area contributed by atoms with Crippen molar-refractivity contribution in [2.24, 2.45) is 0 Å². The third kappa shape index (κ3) is 2.08. The highest BCUT2D eigenvalue weighted by atomic mass is 79.9. The molecule has 2 aromatic rings. The lowest BCUT2D eigenvalue weighted by Gasteiger charge is -2.04. The van der Waals surface area contributed by atoms with Crippen LogP contribution in [0.4, 0.5) is 0 Å². The van der Waals surface area contributed by atoms with Crippen LogP contribution < -0.4 is 0 Å². The molecule has 0 aliphatic heterocycles. The van der Waals surface area contributed by atoms with Gasteiger partial charge in [-0.3, -0.25) is 9.59 Å². The highest BCUT2D eigenvalue weighted by Gasteiger charge is 2.14. The van der Waals surface area contributed by atoms with E-state index in [4.69, 9.17) is 0 Å². The maximum absolute atomic E-state index is 11.4. The van der Waals surface area contributed by atoms with Crippen LogP contribution in [0.1, 0.15) is 20.7 Å². The van der Waals surface area contributed by atoms with Crippen molar-refractivity contribution in [1.29, 1.82) is 0 Å². The van der Waals surface area contributed by atoms with E-state index in [1.807, 2.05) is 24.3 Å². The second-order valence-electron chi connectivity index (χ2n) is 3.29. The van der Waals surface area contributed by atoms with Crippen LogP contribution in [0.15, 0.2) is 36.4 Å². The molecule has 80 valence electrons. The lowest BCUT2D eigenvalue weighted by molar-refractivity contribution is 0.106. The van der Waals surface area contributed by atoms with E-state index >= 15 is 0 Å². The van der Waals surface area contributed by atoms with Crippen molar-refractivity contribution < 1.29 is 9.59 Å². The fourth-order valence-electron chi connectivity index (χ4n) is 1.57. The fourth-order valence-corrected chi connectivity index (χ4v) is 2.22. The molecule has 0 amide bonds. The van der Waals surface area contributed by atoms with Crippen LogP contribution in [-0.4, -0.2) is 9.39 Å². The fraction of sp³-hybridized carbons (Fsp3) is 0. The highest BCUT2D eigenvalue weighted by Crippen LogP contribution is 2.23. The summed E-state index contributed by atoms with van der Waals surface area (Å²) in [6, 6.07) is 11.0. The summed E-state index contributed by atoms with van der Waals surface area (Å²) in [6.45, 7) is 0. The van der Waals surface area contributed by atoms with Gasteiger partial charge in [-0.15, -0.1) is 0 Å². The van der Waals surface area contributed by atoms with Crippen molar-refractivity contribution in [2.75, 3.05) is 0 Å². The third-order valence-corrected chi connectivity index (χ3v) is 3.16. The van der Waals surface area contributed by atoms with Crippen LogP contribution in [0.25, 0.3) is 10.8 Å². The van der Waals surface area contributed by atoms with Crippen LogP contribution in [0.3, 0.4) is 0 Å². The van der Waals surface area contributed by atoms with Crippen LogP contribution in [-0.2, 0) is 0 Å². The summed E-state index contributed by atoms with van der Waals surface area (Å²) in [5.41, 5.74) is 0.751. The van der Waals surface area contributed by atoms with E-state index in [1.165, 1.54) is 0 Å². The Kier molecular flexibility index (Phi) is 3.21. The molecule has 2 aromatic carbocycles. The van der Waals surface area contributed by atoms with Crippen molar-refractivity contribution in [1.82, 2.24) is 0 Å². The SMILES string of the molecule is O=C(Br)c1cc2ccccc2cc1C(=O)Br. The number of carbonyl (C=O) groups excluding carboxylic acids is 2. The van der Waals surface area contributed by atoms with E-state index in [9.17, 15) is 9.59 Å². The van der Waals surface area contributed by atoms with Gasteiger partial charge in [-0.2, -0.15) is 0 Å². The summed E-state index contributed by atoms with van der Waals surface area (Å²) < 4.78 is -0.581. The standard InChI is InChI=1S/C12H6Br2O2/c13-11(15)9-5-7-3-1-2-4-8(7)6-10(9)12(14)16/h1-6H. The van der Waals surface area contributed by atoms with Gasteiger partial charge in [0.25, 0.3) is 0 Å². The van der Waals surface area contributed by atoms with Crippen LogP contribution in [0.5, 0.6) is 0 Å². The molecular formula is C12H6Br2O2. The molecule has 2 rings (SSSR count). The smallest absolute Gasteiger partial charge is 0.228 e. The van der Waals surface area contributed by atoms with E-state index in [1.54, 1.807) is 12.1 Å². The zero-order chi connectivity index (χ0) is 11.7. The topological polar surface area (TPSA) is 34.1 Å². The number of benzene rings is 2. The van der Waals surface area contributed by atoms with Crippen LogP contribution in [0.2, 0.25) is 0 Å². The molecule has 0 saturated heterocycles. The van der Waals surface area contributed by atoms with E-state index in [-0.39, 0.29) is 9.39 Å². The molecule has 0 aliphatic carbocycles. The van der Waals surface area contributed by atoms with E-state index in [0.717, 1.165) is 10.8 Å². The second-order valence-corrected chi connectivity index (χ2v) is 4.73. The van der Waals surface area contributed by atoms with Crippen LogP contribution >= 0.6 is 31.9 Å². The Balaban J connectivity index is 2.81. The van der Waals surface area contributed by atoms with Crippen molar-refractivity contribution in [2.45, 2.75) is 0 Å². The molecule has 0 N–H and O–H groups in total. The zero-order valence-corrected chi connectivity index (χ0v) is 11.2. The Bertz CT molecular complexity index is 538. The van der Waals surface area contributed by atoms with E-state index < -0.39 is 0 Å². The van der Waals surface area contributed by atoms with E-state index in [0.29, 0.717) is 11.1 Å². The monoisotopic (exact) mass is 340 g/mol. The Morgan fingerprint density at radius 2 is 1.19 bits per heavy atom. The molecule has 0 heterocycles. The Labute approximate surface area is 109 Å². The number of carbonyl (C=O) groups is 2. The summed E-state index contributed by atoms with van der Waals surface area (Å²) in [7, 11) is 0. The summed E-state index contributed by atoms with van der Waals surface area (Å²) in [5, 5.41) is 1.87. The first kappa shape index (κ1) is 11.5. The molecule has 0 unspecified atom stereocenters. The molecular weight excluding hydrogens is 336 g/mol. The number of rotatable bonds is 2. The zero-order valence-electron chi connectivity index (χ0n) is 8.04. The predicted octanol–water partition coefficient (Wildman–Crippen LogP) is 3.91. The largest absolute Gasteiger partial charge is 0.281 e. The molecule has 4 heteroatoms. The predicted molar refractivity (Wildman–Crippen MR) is 70.5 cm³/mol. The average molecular weight is 342 g/mol. The number of halogens is 2. The molecule has 0 atom stereocenters. The van der Waals surface area contributed by atoms with Gasteiger partial charge in [0.15, 0.2) is 0 Å². The van der Waals surface area contributed by atoms with E-state index in [2.05, 4.69) is 31.9 Å². The first-order valence-corrected chi connectivity index (χ1v) is 6.10. The maximum atomic E-state index is 11.4. The van der Waals surface area contributed by atoms with Gasteiger partial charge < -0.3 is 0 Å². The second kappa shape index (κ2) is 4.47. The first-order chi connectivity index (χ1) is 7.59. The molecule has 0 radical (unpaired) electrons. The normalized spacial score (nSPS) is 10.4. The lowest BCUT2D eigenvalue weighted by Crippen LogP contribution is -2.00. The van der Waals surface area contributed by atoms with Crippen LogP contribution in [0, 0.1) is 0 Å². The molecule has 16 heavy (non-hydrogen) atoms. The van der Waals surface area contributed by atoms with Gasteiger partial charge in [0.1, 0.15) is 0 Å². The quantitative estimate of drug-likeness (QED) is 0.776. The van der Waals surface area contributed by atoms with Gasteiger partial charge in [0.2, 0.25) is 9.39 Å². The van der Waals surface area contributed by atoms with Crippen molar-refractivity contribution in [3.8, 4) is 0 Å². The summed E-state index contributed by atoms with van der Waals surface area (Å²) in [6.07, 6.45) is 0. The Morgan fingerprint density at radius 3 is 1.50 bits per heavy atom. The molecule has 0 spiro atoms. The minimum atomic E-state index is -0.291. The summed E-state index contributed by atoms with van der Waals surface area (Å²) in [5.74, 6) is 0. The minimum Gasteiger partial charge on any atom is -0.281 e. The number of fused-ring (bicyclic) bond motifs is 1. The first-order valence-electron chi connectivity index (χ1n) is 4.52. The van der Waals surface area contributed by atoms with Gasteiger partial charge >= 0.3 is 0 Å². The van der Waals surface area contributed by atoms with Gasteiger partial charge in [0, 0.05) is 11.1 Å². The number of hydrogen-bond donors (Lipinski definition) is 0. The minimum absolute atomic E-state index is 0.291. The van der Waals surface area contributed by atoms with Gasteiger partial charge in [-0.25, -0.2) is 0 Å². The van der Waals surface area contributed by atoms with Crippen molar-refractivity contribution in [3.05, 3.63) is 47.5 Å². The average Bonchev–Trinajstić information content (AvgIpc) is 2.27. The third-order valence-electron chi connectivity index (χ3n) is 2.31. The molecule has 0 aromatic heterocycles. The highest BCUT2D eigenvalue weighted by molar-refractivity contribution is 9.18. The molecule has 2 nitrogen and oxygen atoms in total. The molecule has 0 fully saturated rings. The molecule has 0 saturated carbocycles.